The summed E-state index contributed by atoms with van der Waals surface area (Å²) in [6.45, 7) is -0.248. The molecule has 0 spiro atoms. The average Bonchev–Trinajstić information content (AvgIpc) is 3.47. The zero-order valence-electron chi connectivity index (χ0n) is 19.1. The summed E-state index contributed by atoms with van der Waals surface area (Å²) < 4.78 is 42.8. The molecule has 1 aliphatic rings. The van der Waals surface area contributed by atoms with Gasteiger partial charge in [0.25, 0.3) is 5.91 Å². The largest absolute Gasteiger partial charge is 0.416 e. The van der Waals surface area contributed by atoms with E-state index in [2.05, 4.69) is 15.7 Å². The van der Waals surface area contributed by atoms with Crippen LogP contribution in [0.3, 0.4) is 0 Å². The third-order valence-corrected chi connectivity index (χ3v) is 5.98. The van der Waals surface area contributed by atoms with E-state index in [1.54, 1.807) is 47.1 Å². The van der Waals surface area contributed by atoms with Gasteiger partial charge in [-0.2, -0.15) is 13.2 Å². The highest BCUT2D eigenvalue weighted by Crippen LogP contribution is 2.37. The Hall–Kier alpha value is -4.15. The number of imidazole rings is 1. The van der Waals surface area contributed by atoms with Gasteiger partial charge in [0, 0.05) is 36.1 Å². The number of carbonyl (C=O) groups excluding carboxylic acids is 1. The van der Waals surface area contributed by atoms with Gasteiger partial charge in [-0.15, -0.1) is 0 Å². The van der Waals surface area contributed by atoms with Crippen molar-refractivity contribution >= 4 is 17.4 Å². The molecule has 10 heteroatoms. The number of pyridine rings is 1. The molecule has 3 heterocycles. The van der Waals surface area contributed by atoms with Gasteiger partial charge in [-0.05, 0) is 35.9 Å². The SMILES string of the molecule is CN1C=CC(c2cc(C(=O)Nc3c(-c4ccccc4)nc4c(CO)cccn34)ccc2C(F)(F)F)N1. The molecule has 1 amide bonds. The van der Waals surface area contributed by atoms with Crippen molar-refractivity contribution in [2.45, 2.75) is 18.8 Å². The molecular formula is C26H22F3N5O2. The van der Waals surface area contributed by atoms with Crippen molar-refractivity contribution in [2.24, 2.45) is 0 Å². The maximum Gasteiger partial charge on any atom is 0.416 e. The second-order valence-electron chi connectivity index (χ2n) is 8.37. The summed E-state index contributed by atoms with van der Waals surface area (Å²) in [4.78, 5) is 18.0. The highest BCUT2D eigenvalue weighted by Gasteiger charge is 2.36. The first-order valence-electron chi connectivity index (χ1n) is 11.1. The first-order chi connectivity index (χ1) is 17.3. The summed E-state index contributed by atoms with van der Waals surface area (Å²) in [5, 5.41) is 14.2. The Bertz CT molecular complexity index is 1460. The lowest BCUT2D eigenvalue weighted by Crippen LogP contribution is -2.28. The molecule has 2 aromatic heterocycles. The number of alkyl halides is 3. The van der Waals surface area contributed by atoms with Crippen LogP contribution in [0.25, 0.3) is 16.9 Å². The topological polar surface area (TPSA) is 81.9 Å². The van der Waals surface area contributed by atoms with Crippen LogP contribution in [0.4, 0.5) is 19.0 Å². The Balaban J connectivity index is 1.58. The smallest absolute Gasteiger partial charge is 0.392 e. The number of nitrogens with one attached hydrogen (secondary N) is 2. The highest BCUT2D eigenvalue weighted by atomic mass is 19.4. The monoisotopic (exact) mass is 493 g/mol. The predicted octanol–water partition coefficient (Wildman–Crippen LogP) is 4.77. The van der Waals surface area contributed by atoms with E-state index in [0.29, 0.717) is 22.7 Å². The lowest BCUT2D eigenvalue weighted by molar-refractivity contribution is -0.138. The number of aliphatic hydroxyl groups excluding tert-OH is 1. The van der Waals surface area contributed by atoms with Crippen LogP contribution >= 0.6 is 0 Å². The van der Waals surface area contributed by atoms with Crippen LogP contribution in [0.1, 0.15) is 33.1 Å². The number of halogens is 3. The molecule has 0 saturated heterocycles. The maximum atomic E-state index is 13.7. The number of anilines is 1. The van der Waals surface area contributed by atoms with Crippen LogP contribution in [-0.4, -0.2) is 32.5 Å². The van der Waals surface area contributed by atoms with E-state index in [4.69, 9.17) is 0 Å². The minimum atomic E-state index is -4.58. The van der Waals surface area contributed by atoms with E-state index in [9.17, 15) is 23.1 Å². The summed E-state index contributed by atoms with van der Waals surface area (Å²) in [7, 11) is 1.68. The maximum absolute atomic E-state index is 13.7. The fraction of sp³-hybridized carbons (Fsp3) is 0.154. The van der Waals surface area contributed by atoms with Gasteiger partial charge in [0.15, 0.2) is 0 Å². The molecule has 5 rings (SSSR count). The molecule has 1 unspecified atom stereocenters. The van der Waals surface area contributed by atoms with Crippen molar-refractivity contribution in [1.82, 2.24) is 19.8 Å². The van der Waals surface area contributed by atoms with E-state index in [0.717, 1.165) is 17.7 Å². The molecule has 36 heavy (non-hydrogen) atoms. The van der Waals surface area contributed by atoms with Crippen molar-refractivity contribution in [3.63, 3.8) is 0 Å². The van der Waals surface area contributed by atoms with Crippen LogP contribution in [0.15, 0.2) is 79.1 Å². The van der Waals surface area contributed by atoms with Gasteiger partial charge >= 0.3 is 6.18 Å². The number of hydrazine groups is 1. The van der Waals surface area contributed by atoms with Gasteiger partial charge < -0.3 is 15.4 Å². The van der Waals surface area contributed by atoms with E-state index in [-0.39, 0.29) is 17.7 Å². The zero-order valence-corrected chi connectivity index (χ0v) is 19.1. The second kappa shape index (κ2) is 9.14. The van der Waals surface area contributed by atoms with E-state index in [1.165, 1.54) is 6.07 Å². The standard InChI is InChI=1S/C26H22F3N5O2/c1-33-13-11-21(32-33)19-14-17(9-10-20(19)26(27,28)29)25(36)31-24-22(16-6-3-2-4-7-16)30-23-18(15-35)8-5-12-34(23)24/h2-14,21,32,35H,15H2,1H3,(H,31,36). The zero-order chi connectivity index (χ0) is 25.4. The first-order valence-corrected chi connectivity index (χ1v) is 11.1. The number of hydrogen-bond acceptors (Lipinski definition) is 5. The Labute approximate surface area is 204 Å². The van der Waals surface area contributed by atoms with Gasteiger partial charge in [0.1, 0.15) is 17.2 Å². The Kier molecular flexibility index (Phi) is 5.99. The molecule has 0 aliphatic carbocycles. The Morgan fingerprint density at radius 1 is 1.14 bits per heavy atom. The lowest BCUT2D eigenvalue weighted by Gasteiger charge is -2.20. The quantitative estimate of drug-likeness (QED) is 0.373. The van der Waals surface area contributed by atoms with Gasteiger partial charge in [0.05, 0.1) is 18.2 Å². The van der Waals surface area contributed by atoms with E-state index in [1.807, 2.05) is 30.3 Å². The molecule has 4 aromatic rings. The average molecular weight is 493 g/mol. The van der Waals surface area contributed by atoms with Gasteiger partial charge in [-0.25, -0.2) is 10.4 Å². The van der Waals surface area contributed by atoms with Crippen molar-refractivity contribution in [3.8, 4) is 11.3 Å². The molecule has 0 bridgehead atoms. The van der Waals surface area contributed by atoms with Crippen molar-refractivity contribution < 1.29 is 23.1 Å². The summed E-state index contributed by atoms with van der Waals surface area (Å²) in [6, 6.07) is 15.2. The third kappa shape index (κ3) is 4.32. The number of aliphatic hydroxyl groups is 1. The fourth-order valence-electron chi connectivity index (χ4n) is 4.26. The molecule has 3 N–H and O–H groups in total. The second-order valence-corrected chi connectivity index (χ2v) is 8.37. The summed E-state index contributed by atoms with van der Waals surface area (Å²) >= 11 is 0. The molecule has 184 valence electrons. The molecule has 7 nitrogen and oxygen atoms in total. The third-order valence-electron chi connectivity index (χ3n) is 5.98. The van der Waals surface area contributed by atoms with E-state index < -0.39 is 23.7 Å². The minimum Gasteiger partial charge on any atom is -0.392 e. The Morgan fingerprint density at radius 2 is 1.92 bits per heavy atom. The van der Waals surface area contributed by atoms with Gasteiger partial charge in [0.2, 0.25) is 0 Å². The van der Waals surface area contributed by atoms with Crippen LogP contribution in [0.5, 0.6) is 0 Å². The normalized spacial score (nSPS) is 15.6. The molecule has 1 aliphatic heterocycles. The number of hydrogen-bond donors (Lipinski definition) is 3. The molecule has 0 saturated carbocycles. The number of fused-ring (bicyclic) bond motifs is 1. The summed E-state index contributed by atoms with van der Waals surface area (Å²) in [5.41, 5.74) is 4.34. The van der Waals surface area contributed by atoms with Crippen molar-refractivity contribution in [2.75, 3.05) is 12.4 Å². The van der Waals surface area contributed by atoms with Crippen molar-refractivity contribution in [3.05, 3.63) is 101 Å². The number of nitrogens with zero attached hydrogens (tertiary/aromatic N) is 3. The highest BCUT2D eigenvalue weighted by molar-refractivity contribution is 6.06. The van der Waals surface area contributed by atoms with Crippen LogP contribution in [0.2, 0.25) is 0 Å². The van der Waals surface area contributed by atoms with Crippen LogP contribution in [0, 0.1) is 0 Å². The number of benzene rings is 2. The van der Waals surface area contributed by atoms with Crippen LogP contribution < -0.4 is 10.7 Å². The number of rotatable bonds is 5. The molecular weight excluding hydrogens is 471 g/mol. The molecule has 2 aromatic carbocycles. The fourth-order valence-corrected chi connectivity index (χ4v) is 4.26. The molecule has 0 fully saturated rings. The molecule has 1 atom stereocenters. The minimum absolute atomic E-state index is 0.0558. The number of carbonyl (C=O) groups is 1. The van der Waals surface area contributed by atoms with Gasteiger partial charge in [-0.3, -0.25) is 9.20 Å². The molecule has 0 radical (unpaired) electrons. The summed E-state index contributed by atoms with van der Waals surface area (Å²) in [6.07, 6.45) is 0.343. The summed E-state index contributed by atoms with van der Waals surface area (Å²) in [5.74, 6) is -0.245. The van der Waals surface area contributed by atoms with Crippen LogP contribution in [-0.2, 0) is 12.8 Å². The van der Waals surface area contributed by atoms with E-state index >= 15 is 0 Å². The lowest BCUT2D eigenvalue weighted by atomic mass is 9.97. The first kappa shape index (κ1) is 23.6. The predicted molar refractivity (Wildman–Crippen MR) is 129 cm³/mol. The Morgan fingerprint density at radius 3 is 2.58 bits per heavy atom. The van der Waals surface area contributed by atoms with Gasteiger partial charge in [-0.1, -0.05) is 36.4 Å². The van der Waals surface area contributed by atoms with Crippen molar-refractivity contribution in [1.29, 1.82) is 0 Å². The number of amides is 1. The number of aromatic nitrogens is 2.